The molecule has 1 aliphatic rings. The molecule has 0 aliphatic carbocycles. The van der Waals surface area contributed by atoms with Crippen LogP contribution in [0, 0.1) is 0 Å². The van der Waals surface area contributed by atoms with Crippen molar-refractivity contribution in [1.29, 1.82) is 0 Å². The zero-order valence-corrected chi connectivity index (χ0v) is 11.6. The Bertz CT molecular complexity index is 748. The van der Waals surface area contributed by atoms with Crippen LogP contribution in [0.1, 0.15) is 11.3 Å². The summed E-state index contributed by atoms with van der Waals surface area (Å²) in [5.41, 5.74) is 1.56. The zero-order chi connectivity index (χ0) is 13.5. The molecule has 1 N–H and O–H groups in total. The molecule has 1 aliphatic heterocycles. The van der Waals surface area contributed by atoms with E-state index >= 15 is 0 Å². The summed E-state index contributed by atoms with van der Waals surface area (Å²) in [4.78, 5) is 14.0. The average Bonchev–Trinajstić information content (AvgIpc) is 2.92. The molecule has 19 heavy (non-hydrogen) atoms. The number of nitrogens with zero attached hydrogens (tertiary/aromatic N) is 1. The van der Waals surface area contributed by atoms with E-state index in [4.69, 9.17) is 0 Å². The van der Waals surface area contributed by atoms with E-state index in [2.05, 4.69) is 4.98 Å². The number of H-pyrrole nitrogens is 1. The maximum atomic E-state index is 12.4. The van der Waals surface area contributed by atoms with Gasteiger partial charge in [0.25, 0.3) is 10.0 Å². The summed E-state index contributed by atoms with van der Waals surface area (Å²) < 4.78 is 26.6. The van der Waals surface area contributed by atoms with Gasteiger partial charge in [-0.05, 0) is 17.0 Å². The van der Waals surface area contributed by atoms with E-state index in [9.17, 15) is 13.2 Å². The first kappa shape index (κ1) is 12.6. The van der Waals surface area contributed by atoms with Crippen LogP contribution < -0.4 is 5.56 Å². The summed E-state index contributed by atoms with van der Waals surface area (Å²) >= 11 is 1.22. The second-order valence-corrected chi connectivity index (χ2v) is 7.46. The first-order valence-electron chi connectivity index (χ1n) is 5.82. The maximum absolute atomic E-state index is 12.4. The molecule has 2 aromatic rings. The molecule has 2 aromatic heterocycles. The highest BCUT2D eigenvalue weighted by atomic mass is 32.2. The molecule has 5 nitrogen and oxygen atoms in total. The molecule has 0 atom stereocenters. The lowest BCUT2D eigenvalue weighted by molar-refractivity contribution is 0.388. The second kappa shape index (κ2) is 4.59. The Hall–Kier alpha value is -1.44. The van der Waals surface area contributed by atoms with Crippen LogP contribution in [-0.2, 0) is 23.0 Å². The standard InChI is InChI=1S/C12H12N2O3S2/c15-11-4-3-9-8-14(6-5-10(9)13-11)19(16,17)12-2-1-7-18-12/h1-4,7H,5-6,8H2,(H,13,15). The van der Waals surface area contributed by atoms with Gasteiger partial charge in [-0.25, -0.2) is 8.42 Å². The van der Waals surface area contributed by atoms with Crippen molar-refractivity contribution in [2.75, 3.05) is 6.54 Å². The fourth-order valence-electron chi connectivity index (χ4n) is 2.17. The van der Waals surface area contributed by atoms with Crippen LogP contribution in [-0.4, -0.2) is 24.3 Å². The number of thiophene rings is 1. The zero-order valence-electron chi connectivity index (χ0n) is 10.00. The fourth-order valence-corrected chi connectivity index (χ4v) is 4.73. The Morgan fingerprint density at radius 1 is 1.26 bits per heavy atom. The summed E-state index contributed by atoms with van der Waals surface area (Å²) in [6.45, 7) is 0.708. The second-order valence-electron chi connectivity index (χ2n) is 4.35. The highest BCUT2D eigenvalue weighted by Crippen LogP contribution is 2.25. The van der Waals surface area contributed by atoms with Gasteiger partial charge >= 0.3 is 0 Å². The Labute approximate surface area is 114 Å². The molecule has 3 rings (SSSR count). The molecule has 0 fully saturated rings. The number of sulfonamides is 1. The van der Waals surface area contributed by atoms with Gasteiger partial charge in [-0.1, -0.05) is 12.1 Å². The van der Waals surface area contributed by atoms with Crippen LogP contribution in [0.25, 0.3) is 0 Å². The molecule has 0 saturated carbocycles. The lowest BCUT2D eigenvalue weighted by atomic mass is 10.1. The summed E-state index contributed by atoms with van der Waals surface area (Å²) in [5, 5.41) is 1.75. The number of rotatable bonds is 2. The fraction of sp³-hybridized carbons (Fsp3) is 0.250. The van der Waals surface area contributed by atoms with Gasteiger partial charge in [-0.2, -0.15) is 4.31 Å². The van der Waals surface area contributed by atoms with Gasteiger partial charge in [0.2, 0.25) is 5.56 Å². The van der Waals surface area contributed by atoms with Crippen molar-refractivity contribution in [2.45, 2.75) is 17.2 Å². The summed E-state index contributed by atoms with van der Waals surface area (Å²) in [6.07, 6.45) is 0.538. The molecule has 0 spiro atoms. The third-order valence-corrected chi connectivity index (χ3v) is 6.36. The minimum absolute atomic E-state index is 0.145. The average molecular weight is 296 g/mol. The molecule has 0 saturated heterocycles. The van der Waals surface area contributed by atoms with Crippen molar-refractivity contribution >= 4 is 21.4 Å². The SMILES string of the molecule is O=c1ccc2c([nH]1)CCN(S(=O)(=O)c1cccs1)C2. The van der Waals surface area contributed by atoms with Crippen molar-refractivity contribution in [3.05, 3.63) is 51.3 Å². The Morgan fingerprint density at radius 3 is 2.84 bits per heavy atom. The van der Waals surface area contributed by atoms with E-state index < -0.39 is 10.0 Å². The van der Waals surface area contributed by atoms with Crippen molar-refractivity contribution in [1.82, 2.24) is 9.29 Å². The number of hydrogen-bond acceptors (Lipinski definition) is 4. The van der Waals surface area contributed by atoms with Crippen molar-refractivity contribution in [3.63, 3.8) is 0 Å². The summed E-state index contributed by atoms with van der Waals surface area (Å²) in [7, 11) is -3.41. The lowest BCUT2D eigenvalue weighted by Gasteiger charge is -2.27. The van der Waals surface area contributed by atoms with Crippen molar-refractivity contribution in [2.24, 2.45) is 0 Å². The predicted molar refractivity (Wildman–Crippen MR) is 72.7 cm³/mol. The number of nitrogens with one attached hydrogen (secondary N) is 1. The quantitative estimate of drug-likeness (QED) is 0.905. The topological polar surface area (TPSA) is 70.2 Å². The van der Waals surface area contributed by atoms with Gasteiger partial charge in [0.1, 0.15) is 4.21 Å². The van der Waals surface area contributed by atoms with E-state index in [1.54, 1.807) is 23.6 Å². The molecule has 3 heterocycles. The number of aromatic nitrogens is 1. The number of hydrogen-bond donors (Lipinski definition) is 1. The van der Waals surface area contributed by atoms with Crippen molar-refractivity contribution < 1.29 is 8.42 Å². The highest BCUT2D eigenvalue weighted by molar-refractivity contribution is 7.91. The van der Waals surface area contributed by atoms with Crippen LogP contribution in [0.2, 0.25) is 0 Å². The van der Waals surface area contributed by atoms with E-state index in [0.717, 1.165) is 11.3 Å². The third-order valence-electron chi connectivity index (χ3n) is 3.14. The van der Waals surface area contributed by atoms with Gasteiger partial charge in [0.15, 0.2) is 0 Å². The van der Waals surface area contributed by atoms with Gasteiger partial charge in [-0.3, -0.25) is 4.79 Å². The molecule has 7 heteroatoms. The normalized spacial score (nSPS) is 16.2. The van der Waals surface area contributed by atoms with Crippen LogP contribution in [0.15, 0.2) is 38.6 Å². The largest absolute Gasteiger partial charge is 0.326 e. The molecule has 100 valence electrons. The van der Waals surface area contributed by atoms with E-state index in [-0.39, 0.29) is 5.56 Å². The Kier molecular flexibility index (Phi) is 3.04. The third kappa shape index (κ3) is 2.24. The van der Waals surface area contributed by atoms with Crippen molar-refractivity contribution in [3.8, 4) is 0 Å². The van der Waals surface area contributed by atoms with Gasteiger partial charge in [0.05, 0.1) is 0 Å². The Morgan fingerprint density at radius 2 is 2.11 bits per heavy atom. The molecule has 0 amide bonds. The van der Waals surface area contributed by atoms with Gasteiger partial charge < -0.3 is 4.98 Å². The van der Waals surface area contributed by atoms with Crippen LogP contribution in [0.3, 0.4) is 0 Å². The van der Waals surface area contributed by atoms with Gasteiger partial charge in [-0.15, -0.1) is 11.3 Å². The summed E-state index contributed by atoms with van der Waals surface area (Å²) in [5.74, 6) is 0. The lowest BCUT2D eigenvalue weighted by Crippen LogP contribution is -2.36. The molecular weight excluding hydrogens is 284 g/mol. The molecule has 0 unspecified atom stereocenters. The number of aromatic amines is 1. The summed E-state index contributed by atoms with van der Waals surface area (Å²) in [6, 6.07) is 6.47. The van der Waals surface area contributed by atoms with E-state index in [1.807, 2.05) is 0 Å². The van der Waals surface area contributed by atoms with E-state index in [1.165, 1.54) is 21.7 Å². The molecule has 0 bridgehead atoms. The first-order valence-corrected chi connectivity index (χ1v) is 8.14. The molecule has 0 aromatic carbocycles. The highest BCUT2D eigenvalue weighted by Gasteiger charge is 2.29. The van der Waals surface area contributed by atoms with E-state index in [0.29, 0.717) is 23.7 Å². The number of fused-ring (bicyclic) bond motifs is 1. The van der Waals surface area contributed by atoms with Crippen LogP contribution in [0.5, 0.6) is 0 Å². The maximum Gasteiger partial charge on any atom is 0.252 e. The molecule has 0 radical (unpaired) electrons. The Balaban J connectivity index is 1.94. The molecular formula is C12H12N2O3S2. The first-order chi connectivity index (χ1) is 9.07. The monoisotopic (exact) mass is 296 g/mol. The van der Waals surface area contributed by atoms with Crippen LogP contribution in [0.4, 0.5) is 0 Å². The number of pyridine rings is 1. The van der Waals surface area contributed by atoms with Gasteiger partial charge in [0, 0.05) is 31.3 Å². The smallest absolute Gasteiger partial charge is 0.252 e. The predicted octanol–water partition coefficient (Wildman–Crippen LogP) is 1.18. The minimum Gasteiger partial charge on any atom is -0.326 e. The minimum atomic E-state index is -3.41. The van der Waals surface area contributed by atoms with Crippen LogP contribution >= 0.6 is 11.3 Å².